The van der Waals surface area contributed by atoms with Crippen LogP contribution in [0.5, 0.6) is 0 Å². The molecule has 0 N–H and O–H groups in total. The molecule has 0 spiro atoms. The summed E-state index contributed by atoms with van der Waals surface area (Å²) >= 11 is 0. The van der Waals surface area contributed by atoms with Gasteiger partial charge < -0.3 is 14.3 Å². The Morgan fingerprint density at radius 1 is 0.768 bits per heavy atom. The van der Waals surface area contributed by atoms with Crippen molar-refractivity contribution in [3.8, 4) is 11.1 Å². The maximum absolute atomic E-state index is 12.9. The number of amides is 1. The quantitative estimate of drug-likeness (QED) is 0.220. The average Bonchev–Trinajstić information content (AvgIpc) is 4.05. The van der Waals surface area contributed by atoms with Crippen molar-refractivity contribution < 1.29 is 43.0 Å². The molecule has 5 fully saturated rings. The Morgan fingerprint density at radius 2 is 1.29 bits per heavy atom. The van der Waals surface area contributed by atoms with Gasteiger partial charge in [0.1, 0.15) is 24.9 Å². The third kappa shape index (κ3) is 13.9. The van der Waals surface area contributed by atoms with Gasteiger partial charge in [-0.1, -0.05) is 98.8 Å². The molecule has 6 aliphatic rings. The number of aldehydes is 1. The maximum Gasteiger partial charge on any atom is 0.411 e. The summed E-state index contributed by atoms with van der Waals surface area (Å²) in [5.41, 5.74) is 8.90. The van der Waals surface area contributed by atoms with Gasteiger partial charge >= 0.3 is 18.4 Å². The lowest BCUT2D eigenvalue weighted by atomic mass is 9.98. The van der Waals surface area contributed by atoms with Crippen molar-refractivity contribution in [2.75, 3.05) is 19.8 Å². The highest BCUT2D eigenvalue weighted by Crippen LogP contribution is 2.45. The van der Waals surface area contributed by atoms with E-state index in [0.717, 1.165) is 70.0 Å². The Morgan fingerprint density at radius 3 is 1.68 bits per heavy atom. The first-order valence-electron chi connectivity index (χ1n) is 19.6. The van der Waals surface area contributed by atoms with E-state index in [1.165, 1.54) is 58.2 Å². The topological polar surface area (TPSA) is 141 Å². The molecule has 4 saturated carbocycles. The molecule has 0 aromatic heterocycles. The second kappa shape index (κ2) is 23.8. The van der Waals surface area contributed by atoms with Gasteiger partial charge in [0.2, 0.25) is 0 Å². The Kier molecular flexibility index (Phi) is 19.3. The molecule has 1 heterocycles. The van der Waals surface area contributed by atoms with Crippen molar-refractivity contribution in [1.29, 1.82) is 0 Å². The molecule has 2 aromatic carbocycles. The fraction of sp³-hybridized carbons (Fsp3) is 0.500. The summed E-state index contributed by atoms with van der Waals surface area (Å²) in [6, 6.07) is 16.8. The van der Waals surface area contributed by atoms with E-state index >= 15 is 0 Å². The minimum absolute atomic E-state index is 0.0876. The lowest BCUT2D eigenvalue weighted by Crippen LogP contribution is -2.40. The average molecular weight is 768 g/mol. The highest BCUT2D eigenvalue weighted by molar-refractivity contribution is 5.80. The smallest absolute Gasteiger partial charge is 0.411 e. The van der Waals surface area contributed by atoms with Crippen LogP contribution in [-0.2, 0) is 38.2 Å². The van der Waals surface area contributed by atoms with E-state index in [-0.39, 0.29) is 30.5 Å². The SMILES string of the molecule is C=C1CC[C@H](C)C1.C=C1CC[C@H](C2OCCN2C(=O)OCC2c3ccccc3-c3ccccc32)C1.C=C1CC[C@H](C=O)C1.C[C@H]1CCC(=O)C1.O=C=O.O=C=O. The van der Waals surface area contributed by atoms with Gasteiger partial charge in [-0.3, -0.25) is 9.69 Å². The monoisotopic (exact) mass is 767 g/mol. The largest absolute Gasteiger partial charge is 0.448 e. The molecule has 1 aliphatic heterocycles. The molecule has 1 unspecified atom stereocenters. The van der Waals surface area contributed by atoms with Crippen LogP contribution in [0.25, 0.3) is 11.1 Å². The zero-order valence-electron chi connectivity index (χ0n) is 33.0. The highest BCUT2D eigenvalue weighted by Gasteiger charge is 2.39. The molecule has 5 aliphatic carbocycles. The minimum Gasteiger partial charge on any atom is -0.448 e. The number of ketones is 1. The van der Waals surface area contributed by atoms with Crippen molar-refractivity contribution in [2.24, 2.45) is 23.7 Å². The van der Waals surface area contributed by atoms with Crippen LogP contribution < -0.4 is 0 Å². The number of rotatable bonds is 4. The molecular formula is C46H57NO9. The summed E-state index contributed by atoms with van der Waals surface area (Å²) < 4.78 is 11.7. The van der Waals surface area contributed by atoms with Crippen molar-refractivity contribution in [3.63, 3.8) is 0 Å². The highest BCUT2D eigenvalue weighted by atomic mass is 16.6. The molecule has 0 radical (unpaired) electrons. The van der Waals surface area contributed by atoms with Crippen molar-refractivity contribution in [2.45, 2.75) is 103 Å². The zero-order valence-corrected chi connectivity index (χ0v) is 33.0. The summed E-state index contributed by atoms with van der Waals surface area (Å²) in [7, 11) is 0. The first-order chi connectivity index (χ1) is 26.9. The number of hydrogen-bond donors (Lipinski definition) is 0. The summed E-state index contributed by atoms with van der Waals surface area (Å²) in [6.07, 6.45) is 13.9. The van der Waals surface area contributed by atoms with Gasteiger partial charge in [-0.05, 0) is 98.3 Å². The third-order valence-electron chi connectivity index (χ3n) is 11.1. The van der Waals surface area contributed by atoms with E-state index in [1.54, 1.807) is 4.90 Å². The Bertz CT molecular complexity index is 1650. The van der Waals surface area contributed by atoms with E-state index in [0.29, 0.717) is 43.3 Å². The van der Waals surface area contributed by atoms with Gasteiger partial charge in [0.15, 0.2) is 0 Å². The molecule has 5 atom stereocenters. The van der Waals surface area contributed by atoms with Gasteiger partial charge in [0.25, 0.3) is 0 Å². The van der Waals surface area contributed by atoms with E-state index in [4.69, 9.17) is 28.7 Å². The molecular weight excluding hydrogens is 711 g/mol. The third-order valence-corrected chi connectivity index (χ3v) is 11.1. The number of hydrogen-bond acceptors (Lipinski definition) is 9. The summed E-state index contributed by atoms with van der Waals surface area (Å²) in [5.74, 6) is 2.77. The lowest BCUT2D eigenvalue weighted by molar-refractivity contribution is -0.193. The van der Waals surface area contributed by atoms with E-state index in [2.05, 4.69) is 82.1 Å². The van der Waals surface area contributed by atoms with Crippen LogP contribution in [-0.4, -0.2) is 61.4 Å². The molecule has 300 valence electrons. The number of allylic oxidation sites excluding steroid dienone is 3. The van der Waals surface area contributed by atoms with Crippen LogP contribution in [0.3, 0.4) is 0 Å². The molecule has 1 saturated heterocycles. The molecule has 0 bridgehead atoms. The number of nitrogens with zero attached hydrogens (tertiary/aromatic N) is 1. The number of carbonyl (C=O) groups excluding carboxylic acids is 7. The van der Waals surface area contributed by atoms with Crippen molar-refractivity contribution in [1.82, 2.24) is 4.90 Å². The van der Waals surface area contributed by atoms with Crippen molar-refractivity contribution in [3.05, 3.63) is 96.1 Å². The van der Waals surface area contributed by atoms with Crippen LogP contribution in [0.1, 0.15) is 108 Å². The van der Waals surface area contributed by atoms with Crippen LogP contribution in [0, 0.1) is 23.7 Å². The molecule has 10 nitrogen and oxygen atoms in total. The van der Waals surface area contributed by atoms with Crippen LogP contribution in [0.15, 0.2) is 85.0 Å². The first kappa shape index (κ1) is 45.4. The zero-order chi connectivity index (χ0) is 41.0. The number of fused-ring (bicyclic) bond motifs is 3. The minimum atomic E-state index is -0.262. The van der Waals surface area contributed by atoms with Gasteiger partial charge in [-0.15, -0.1) is 0 Å². The Labute approximate surface area is 331 Å². The summed E-state index contributed by atoms with van der Waals surface area (Å²) in [6.45, 7) is 17.7. The number of benzene rings is 2. The second-order valence-corrected chi connectivity index (χ2v) is 15.6. The predicted octanol–water partition coefficient (Wildman–Crippen LogP) is 9.06. The molecule has 1 amide bonds. The maximum atomic E-state index is 12.9. The summed E-state index contributed by atoms with van der Waals surface area (Å²) in [4.78, 5) is 67.7. The van der Waals surface area contributed by atoms with Crippen LogP contribution in [0.2, 0.25) is 0 Å². The standard InChI is InChI=1S/C24H25NO3.C7H10O.C7H12.C6H10O.2CO2/c1-16-10-11-17(14-16)23-25(12-13-27-23)24(26)28-15-22-20-8-4-2-6-18(20)19-7-3-5-9-21(19)22;1-6-2-3-7(4-6)5-8;1-6-3-4-7(2)5-6;1-5-2-3-6(7)4-5;2*2-1-3/h2-9,17,22-23H,1,10-15H2;5,7H,1-4H2;7H,1,3-5H2,2H3;5H,2-4H2,1H3;;/t17-,23?;2*7-;5-;;/m0000../s1. The van der Waals surface area contributed by atoms with Gasteiger partial charge in [-0.25, -0.2) is 4.79 Å². The Hall–Kier alpha value is -5.01. The van der Waals surface area contributed by atoms with Gasteiger partial charge in [0, 0.05) is 30.6 Å². The Balaban J connectivity index is 0.000000242. The lowest BCUT2D eigenvalue weighted by Gasteiger charge is -2.27. The van der Waals surface area contributed by atoms with Gasteiger partial charge in [0.05, 0.1) is 13.2 Å². The molecule has 56 heavy (non-hydrogen) atoms. The summed E-state index contributed by atoms with van der Waals surface area (Å²) in [5, 5.41) is 0. The first-order valence-corrected chi connectivity index (χ1v) is 19.6. The molecule has 8 rings (SSSR count). The van der Waals surface area contributed by atoms with Gasteiger partial charge in [-0.2, -0.15) is 19.2 Å². The molecule has 10 heteroatoms. The fourth-order valence-electron chi connectivity index (χ4n) is 8.19. The molecule has 2 aromatic rings. The second-order valence-electron chi connectivity index (χ2n) is 15.6. The number of ether oxygens (including phenoxy) is 2. The number of Topliss-reactive ketones (excluding diaryl/α,β-unsaturated/α-hetero) is 1. The van der Waals surface area contributed by atoms with Crippen molar-refractivity contribution >= 4 is 30.5 Å². The predicted molar refractivity (Wildman–Crippen MR) is 211 cm³/mol. The normalized spacial score (nSPS) is 24.1. The fourth-order valence-corrected chi connectivity index (χ4v) is 8.19. The van der Waals surface area contributed by atoms with Crippen LogP contribution in [0.4, 0.5) is 4.79 Å². The van der Waals surface area contributed by atoms with E-state index in [9.17, 15) is 14.4 Å². The van der Waals surface area contributed by atoms with E-state index < -0.39 is 0 Å². The van der Waals surface area contributed by atoms with Crippen LogP contribution >= 0.6 is 0 Å². The van der Waals surface area contributed by atoms with E-state index in [1.807, 2.05) is 0 Å². The number of carbonyl (C=O) groups is 3.